The highest BCUT2D eigenvalue weighted by Gasteiger charge is 2.29. The standard InChI is InChI=1S/C24H29N3O4.BrH/c1-6-17-9-7-16-12-27(22(25)21(16)26-17)13-19(28)15-8-10-20(31-14(2)23(29)30)18(11-15)24(3,4)5;/h7-11,14,25H,6,12-13H2,1-5H3,(H,29,30);1H. The lowest BCUT2D eigenvalue weighted by Crippen LogP contribution is -2.31. The molecule has 0 spiro atoms. The molecule has 0 saturated carbocycles. The summed E-state index contributed by atoms with van der Waals surface area (Å²) in [6.45, 7) is 10.0. The third kappa shape index (κ3) is 5.35. The summed E-state index contributed by atoms with van der Waals surface area (Å²) in [7, 11) is 0. The molecule has 0 saturated heterocycles. The lowest BCUT2D eigenvalue weighted by atomic mass is 9.85. The fourth-order valence-electron chi connectivity index (χ4n) is 3.53. The molecule has 1 aromatic heterocycles. The van der Waals surface area contributed by atoms with Crippen molar-refractivity contribution in [3.05, 3.63) is 58.4 Å². The Balaban J connectivity index is 0.00000363. The molecule has 0 amide bonds. The fraction of sp³-hybridized carbons (Fsp3) is 0.417. The van der Waals surface area contributed by atoms with E-state index in [1.807, 2.05) is 39.8 Å². The van der Waals surface area contributed by atoms with Gasteiger partial charge in [-0.25, -0.2) is 9.78 Å². The first kappa shape index (κ1) is 25.5. The molecule has 7 nitrogen and oxygen atoms in total. The molecule has 2 heterocycles. The third-order valence-corrected chi connectivity index (χ3v) is 5.40. The van der Waals surface area contributed by atoms with Crippen LogP contribution in [0.5, 0.6) is 5.75 Å². The number of hydrogen-bond acceptors (Lipinski definition) is 5. The number of amidine groups is 1. The molecule has 32 heavy (non-hydrogen) atoms. The highest BCUT2D eigenvalue weighted by Crippen LogP contribution is 2.33. The smallest absolute Gasteiger partial charge is 0.344 e. The molecule has 1 unspecified atom stereocenters. The number of fused-ring (bicyclic) bond motifs is 1. The van der Waals surface area contributed by atoms with Gasteiger partial charge in [0, 0.05) is 28.9 Å². The first-order valence-corrected chi connectivity index (χ1v) is 10.4. The summed E-state index contributed by atoms with van der Waals surface area (Å²) >= 11 is 0. The number of ether oxygens (including phenoxy) is 1. The second-order valence-electron chi connectivity index (χ2n) is 8.85. The number of carbonyl (C=O) groups is 2. The van der Waals surface area contributed by atoms with Crippen molar-refractivity contribution in [2.45, 2.75) is 59.1 Å². The quantitative estimate of drug-likeness (QED) is 0.542. The van der Waals surface area contributed by atoms with Gasteiger partial charge in [0.2, 0.25) is 0 Å². The number of carbonyl (C=O) groups excluding carboxylic acids is 1. The first-order valence-electron chi connectivity index (χ1n) is 10.4. The molecule has 2 aromatic rings. The Morgan fingerprint density at radius 1 is 1.25 bits per heavy atom. The number of nitrogens with one attached hydrogen (secondary N) is 1. The van der Waals surface area contributed by atoms with Crippen molar-refractivity contribution in [3.63, 3.8) is 0 Å². The minimum absolute atomic E-state index is 0. The Kier molecular flexibility index (Phi) is 7.83. The highest BCUT2D eigenvalue weighted by molar-refractivity contribution is 8.93. The number of aromatic nitrogens is 1. The van der Waals surface area contributed by atoms with Crippen LogP contribution >= 0.6 is 17.0 Å². The number of benzene rings is 1. The van der Waals surface area contributed by atoms with Gasteiger partial charge in [-0.1, -0.05) is 33.8 Å². The van der Waals surface area contributed by atoms with E-state index in [1.165, 1.54) is 6.92 Å². The first-order chi connectivity index (χ1) is 14.5. The van der Waals surface area contributed by atoms with Crippen molar-refractivity contribution in [3.8, 4) is 5.75 Å². The van der Waals surface area contributed by atoms with Crippen LogP contribution in [-0.2, 0) is 23.2 Å². The van der Waals surface area contributed by atoms with Gasteiger partial charge in [0.1, 0.15) is 17.3 Å². The van der Waals surface area contributed by atoms with Crippen LogP contribution in [0.25, 0.3) is 0 Å². The molecule has 0 bridgehead atoms. The molecular formula is C24H30BrN3O4. The van der Waals surface area contributed by atoms with Gasteiger partial charge in [-0.3, -0.25) is 10.2 Å². The average molecular weight is 504 g/mol. The van der Waals surface area contributed by atoms with Crippen LogP contribution in [0.2, 0.25) is 0 Å². The molecule has 1 aliphatic rings. The average Bonchev–Trinajstić information content (AvgIpc) is 3.02. The van der Waals surface area contributed by atoms with Gasteiger partial charge < -0.3 is 14.7 Å². The van der Waals surface area contributed by atoms with Crippen molar-refractivity contribution < 1.29 is 19.4 Å². The summed E-state index contributed by atoms with van der Waals surface area (Å²) in [6, 6.07) is 9.03. The van der Waals surface area contributed by atoms with Gasteiger partial charge in [0.15, 0.2) is 11.9 Å². The number of rotatable bonds is 7. The predicted octanol–water partition coefficient (Wildman–Crippen LogP) is 4.40. The normalized spacial score (nSPS) is 13.9. The zero-order valence-electron chi connectivity index (χ0n) is 19.1. The summed E-state index contributed by atoms with van der Waals surface area (Å²) in [5.41, 5.74) is 3.45. The number of ketones is 1. The number of aryl methyl sites for hydroxylation is 1. The van der Waals surface area contributed by atoms with Gasteiger partial charge >= 0.3 is 5.97 Å². The Morgan fingerprint density at radius 3 is 2.53 bits per heavy atom. The fourth-order valence-corrected chi connectivity index (χ4v) is 3.53. The summed E-state index contributed by atoms with van der Waals surface area (Å²) < 4.78 is 5.62. The van der Waals surface area contributed by atoms with E-state index in [4.69, 9.17) is 15.3 Å². The number of Topliss-reactive ketones (excluding diaryl/α,β-unsaturated/α-hetero) is 1. The maximum Gasteiger partial charge on any atom is 0.344 e. The monoisotopic (exact) mass is 503 g/mol. The number of pyridine rings is 1. The third-order valence-electron chi connectivity index (χ3n) is 5.40. The van der Waals surface area contributed by atoms with Crippen molar-refractivity contribution in [1.82, 2.24) is 9.88 Å². The van der Waals surface area contributed by atoms with Crippen molar-refractivity contribution in [2.24, 2.45) is 0 Å². The van der Waals surface area contributed by atoms with E-state index in [-0.39, 0.29) is 40.6 Å². The van der Waals surface area contributed by atoms with Crippen LogP contribution in [0, 0.1) is 5.41 Å². The Bertz CT molecular complexity index is 1050. The summed E-state index contributed by atoms with van der Waals surface area (Å²) in [4.78, 5) is 30.5. The van der Waals surface area contributed by atoms with E-state index in [1.54, 1.807) is 23.1 Å². The highest BCUT2D eigenvalue weighted by atomic mass is 79.9. The number of carboxylic acids is 1. The van der Waals surface area contributed by atoms with Gasteiger partial charge in [-0.2, -0.15) is 0 Å². The lowest BCUT2D eigenvalue weighted by molar-refractivity contribution is -0.144. The van der Waals surface area contributed by atoms with Crippen molar-refractivity contribution in [2.75, 3.05) is 6.54 Å². The summed E-state index contributed by atoms with van der Waals surface area (Å²) in [5.74, 6) is -0.440. The van der Waals surface area contributed by atoms with E-state index >= 15 is 0 Å². The van der Waals surface area contributed by atoms with E-state index in [9.17, 15) is 9.59 Å². The molecular weight excluding hydrogens is 474 g/mol. The summed E-state index contributed by atoms with van der Waals surface area (Å²) in [6.07, 6.45) is -0.198. The summed E-state index contributed by atoms with van der Waals surface area (Å²) in [5, 5.41) is 17.6. The number of carboxylic acid groups (broad SMARTS) is 1. The van der Waals surface area contributed by atoms with E-state index < -0.39 is 12.1 Å². The maximum atomic E-state index is 13.0. The molecule has 0 radical (unpaired) electrons. The molecule has 1 aliphatic heterocycles. The van der Waals surface area contributed by atoms with Crippen LogP contribution in [0.1, 0.15) is 67.5 Å². The molecule has 172 valence electrons. The molecule has 1 aromatic carbocycles. The number of aliphatic carboxylic acids is 1. The minimum atomic E-state index is -1.05. The van der Waals surface area contributed by atoms with Crippen LogP contribution in [0.4, 0.5) is 0 Å². The second kappa shape index (κ2) is 9.81. The predicted molar refractivity (Wildman–Crippen MR) is 128 cm³/mol. The molecule has 0 aliphatic carbocycles. The topological polar surface area (TPSA) is 104 Å². The van der Waals surface area contributed by atoms with Gasteiger partial charge in [-0.15, -0.1) is 17.0 Å². The number of nitrogens with zero attached hydrogens (tertiary/aromatic N) is 2. The molecule has 3 rings (SSSR count). The second-order valence-corrected chi connectivity index (χ2v) is 8.85. The Labute approximate surface area is 199 Å². The lowest BCUT2D eigenvalue weighted by Gasteiger charge is -2.25. The van der Waals surface area contributed by atoms with E-state index in [0.29, 0.717) is 23.6 Å². The molecule has 8 heteroatoms. The van der Waals surface area contributed by atoms with Crippen LogP contribution in [0.15, 0.2) is 30.3 Å². The number of hydrogen-bond donors (Lipinski definition) is 2. The van der Waals surface area contributed by atoms with Crippen molar-refractivity contribution >= 4 is 34.6 Å². The number of halogens is 1. The van der Waals surface area contributed by atoms with E-state index in [2.05, 4.69) is 4.98 Å². The molecule has 1 atom stereocenters. The zero-order chi connectivity index (χ0) is 22.9. The maximum absolute atomic E-state index is 13.0. The molecule has 0 fully saturated rings. The van der Waals surface area contributed by atoms with Gasteiger partial charge in [0.05, 0.1) is 6.54 Å². The van der Waals surface area contributed by atoms with Gasteiger partial charge in [0.25, 0.3) is 0 Å². The van der Waals surface area contributed by atoms with Crippen molar-refractivity contribution in [1.29, 1.82) is 5.41 Å². The minimum Gasteiger partial charge on any atom is -0.479 e. The van der Waals surface area contributed by atoms with Crippen LogP contribution < -0.4 is 4.74 Å². The SMILES string of the molecule is Br.CCc1ccc2c(n1)C(=N)N(CC(=O)c1ccc(OC(C)C(=O)O)c(C(C)(C)C)c1)C2. The van der Waals surface area contributed by atoms with E-state index in [0.717, 1.165) is 23.2 Å². The van der Waals surface area contributed by atoms with Gasteiger partial charge in [-0.05, 0) is 43.0 Å². The zero-order valence-corrected chi connectivity index (χ0v) is 20.8. The largest absolute Gasteiger partial charge is 0.479 e. The Hall–Kier alpha value is -2.74. The molecule has 2 N–H and O–H groups in total. The van der Waals surface area contributed by atoms with Crippen LogP contribution in [0.3, 0.4) is 0 Å². The Morgan fingerprint density at radius 2 is 1.94 bits per heavy atom. The van der Waals surface area contributed by atoms with Crippen LogP contribution in [-0.4, -0.2) is 45.2 Å².